The molecule has 1 heterocycles. The summed E-state index contributed by atoms with van der Waals surface area (Å²) in [5.74, 6) is 0.772. The van der Waals surface area contributed by atoms with E-state index < -0.39 is 0 Å². The molecule has 1 rings (SSSR count). The topological polar surface area (TPSA) is 9.23 Å². The summed E-state index contributed by atoms with van der Waals surface area (Å²) < 4.78 is 5.64. The molecule has 1 unspecified atom stereocenters. The summed E-state index contributed by atoms with van der Waals surface area (Å²) in [6.07, 6.45) is 2.98. The molecule has 0 aromatic carbocycles. The largest absolute Gasteiger partial charge is 0.378 e. The maximum Gasteiger partial charge on any atom is 0.0606 e. The molecule has 0 aromatic rings. The molecular weight excluding hydrogens is 136 g/mol. The zero-order valence-corrected chi connectivity index (χ0v) is 8.18. The Labute approximate surface area is 70.1 Å². The summed E-state index contributed by atoms with van der Waals surface area (Å²) in [5, 5.41) is 0. The minimum Gasteiger partial charge on any atom is -0.378 e. The van der Waals surface area contributed by atoms with E-state index in [1.165, 1.54) is 12.8 Å². The van der Waals surface area contributed by atoms with Gasteiger partial charge in [-0.2, -0.15) is 0 Å². The van der Waals surface area contributed by atoms with Gasteiger partial charge in [0.15, 0.2) is 0 Å². The third-order valence-electron chi connectivity index (χ3n) is 2.35. The number of ether oxygens (including phenoxy) is 1. The monoisotopic (exact) mass is 156 g/mol. The molecule has 11 heavy (non-hydrogen) atoms. The Kier molecular flexibility index (Phi) is 2.58. The van der Waals surface area contributed by atoms with E-state index in [1.54, 1.807) is 0 Å². The fourth-order valence-electron chi connectivity index (χ4n) is 1.62. The van der Waals surface area contributed by atoms with Gasteiger partial charge in [-0.3, -0.25) is 0 Å². The smallest absolute Gasteiger partial charge is 0.0606 e. The van der Waals surface area contributed by atoms with Gasteiger partial charge in [0.25, 0.3) is 0 Å². The van der Waals surface area contributed by atoms with Crippen molar-refractivity contribution in [1.82, 2.24) is 0 Å². The van der Waals surface area contributed by atoms with E-state index in [-0.39, 0.29) is 0 Å². The first-order valence-corrected chi connectivity index (χ1v) is 4.61. The highest BCUT2D eigenvalue weighted by Crippen LogP contribution is 2.30. The van der Waals surface area contributed by atoms with E-state index in [2.05, 4.69) is 27.7 Å². The first kappa shape index (κ1) is 9.05. The van der Waals surface area contributed by atoms with Gasteiger partial charge in [0.2, 0.25) is 0 Å². The van der Waals surface area contributed by atoms with Gasteiger partial charge in [-0.1, -0.05) is 27.7 Å². The summed E-state index contributed by atoms with van der Waals surface area (Å²) in [4.78, 5) is 0. The Hall–Kier alpha value is -0.0400. The molecule has 1 nitrogen and oxygen atoms in total. The molecule has 2 atom stereocenters. The quantitative estimate of drug-likeness (QED) is 0.567. The number of hydrogen-bond donors (Lipinski definition) is 0. The van der Waals surface area contributed by atoms with Crippen LogP contribution in [-0.2, 0) is 4.74 Å². The van der Waals surface area contributed by atoms with Crippen molar-refractivity contribution in [1.29, 1.82) is 0 Å². The van der Waals surface area contributed by atoms with Crippen LogP contribution >= 0.6 is 0 Å². The Morgan fingerprint density at radius 2 is 2.00 bits per heavy atom. The van der Waals surface area contributed by atoms with Crippen LogP contribution in [0.4, 0.5) is 0 Å². The van der Waals surface area contributed by atoms with Gasteiger partial charge in [-0.25, -0.2) is 0 Å². The van der Waals surface area contributed by atoms with Crippen molar-refractivity contribution in [3.63, 3.8) is 0 Å². The molecule has 0 spiro atoms. The zero-order valence-electron chi connectivity index (χ0n) is 8.18. The van der Waals surface area contributed by atoms with Crippen molar-refractivity contribution < 1.29 is 4.74 Å². The molecule has 1 saturated heterocycles. The summed E-state index contributed by atoms with van der Waals surface area (Å²) >= 11 is 0. The summed E-state index contributed by atoms with van der Waals surface area (Å²) in [6, 6.07) is 0. The first-order chi connectivity index (χ1) is 4.99. The van der Waals surface area contributed by atoms with Gasteiger partial charge in [-0.05, 0) is 24.2 Å². The zero-order chi connectivity index (χ0) is 8.48. The Bertz CT molecular complexity index is 123. The first-order valence-electron chi connectivity index (χ1n) is 4.61. The van der Waals surface area contributed by atoms with Gasteiger partial charge in [-0.15, -0.1) is 0 Å². The van der Waals surface area contributed by atoms with E-state index in [9.17, 15) is 0 Å². The van der Waals surface area contributed by atoms with Crippen LogP contribution in [0.3, 0.4) is 0 Å². The van der Waals surface area contributed by atoms with Crippen LogP contribution < -0.4 is 0 Å². The number of hydrogen-bond acceptors (Lipinski definition) is 1. The molecule has 0 radical (unpaired) electrons. The van der Waals surface area contributed by atoms with Crippen LogP contribution in [0.5, 0.6) is 0 Å². The molecule has 1 aliphatic heterocycles. The normalized spacial score (nSPS) is 32.7. The molecule has 0 N–H and O–H groups in total. The fourth-order valence-corrected chi connectivity index (χ4v) is 1.62. The van der Waals surface area contributed by atoms with E-state index in [0.717, 1.165) is 12.5 Å². The Morgan fingerprint density at radius 3 is 2.36 bits per heavy atom. The minimum absolute atomic E-state index is 0.420. The molecule has 66 valence electrons. The second-order valence-corrected chi connectivity index (χ2v) is 4.94. The van der Waals surface area contributed by atoms with Crippen molar-refractivity contribution in [2.45, 2.75) is 46.6 Å². The van der Waals surface area contributed by atoms with Crippen LogP contribution in [0.2, 0.25) is 0 Å². The summed E-state index contributed by atoms with van der Waals surface area (Å²) in [5.41, 5.74) is 0.420. The molecule has 0 bridgehead atoms. The van der Waals surface area contributed by atoms with E-state index in [0.29, 0.717) is 11.5 Å². The van der Waals surface area contributed by atoms with Crippen molar-refractivity contribution in [3.05, 3.63) is 0 Å². The summed E-state index contributed by atoms with van der Waals surface area (Å²) in [6.45, 7) is 10.1. The standard InChI is InChI=1S/C10H20O/c1-8-5-6-11-9(8)7-10(2,3)4/h8-9H,5-7H2,1-4H3/t8-,9?/m0/s1. The van der Waals surface area contributed by atoms with Gasteiger partial charge in [0.05, 0.1) is 6.10 Å². The highest BCUT2D eigenvalue weighted by molar-refractivity contribution is 4.77. The van der Waals surface area contributed by atoms with E-state index in [4.69, 9.17) is 4.74 Å². The second-order valence-electron chi connectivity index (χ2n) is 4.94. The molecule has 0 saturated carbocycles. The van der Waals surface area contributed by atoms with Gasteiger partial charge >= 0.3 is 0 Å². The molecule has 0 amide bonds. The third-order valence-corrected chi connectivity index (χ3v) is 2.35. The van der Waals surface area contributed by atoms with Crippen LogP contribution in [0, 0.1) is 11.3 Å². The summed E-state index contributed by atoms with van der Waals surface area (Å²) in [7, 11) is 0. The molecule has 1 fully saturated rings. The van der Waals surface area contributed by atoms with Gasteiger partial charge < -0.3 is 4.74 Å². The lowest BCUT2D eigenvalue weighted by Gasteiger charge is -2.24. The lowest BCUT2D eigenvalue weighted by Crippen LogP contribution is -2.21. The predicted molar refractivity (Wildman–Crippen MR) is 47.6 cm³/mol. The van der Waals surface area contributed by atoms with E-state index >= 15 is 0 Å². The molecular formula is C10H20O. The van der Waals surface area contributed by atoms with Crippen LogP contribution in [0.15, 0.2) is 0 Å². The minimum atomic E-state index is 0.420. The highest BCUT2D eigenvalue weighted by atomic mass is 16.5. The predicted octanol–water partition coefficient (Wildman–Crippen LogP) is 2.85. The van der Waals surface area contributed by atoms with Crippen molar-refractivity contribution in [2.75, 3.05) is 6.61 Å². The molecule has 1 aliphatic rings. The van der Waals surface area contributed by atoms with Crippen LogP contribution in [0.25, 0.3) is 0 Å². The van der Waals surface area contributed by atoms with Crippen molar-refractivity contribution in [3.8, 4) is 0 Å². The lowest BCUT2D eigenvalue weighted by molar-refractivity contribution is 0.0595. The lowest BCUT2D eigenvalue weighted by atomic mass is 9.85. The third kappa shape index (κ3) is 2.82. The maximum atomic E-state index is 5.64. The second kappa shape index (κ2) is 3.14. The average Bonchev–Trinajstić information content (AvgIpc) is 2.12. The highest BCUT2D eigenvalue weighted by Gasteiger charge is 2.28. The maximum absolute atomic E-state index is 5.64. The van der Waals surface area contributed by atoms with Crippen molar-refractivity contribution in [2.24, 2.45) is 11.3 Å². The molecule has 1 heteroatoms. The van der Waals surface area contributed by atoms with Gasteiger partial charge in [0, 0.05) is 6.61 Å². The van der Waals surface area contributed by atoms with Crippen LogP contribution in [-0.4, -0.2) is 12.7 Å². The SMILES string of the molecule is C[C@H]1CCOC1CC(C)(C)C. The van der Waals surface area contributed by atoms with Gasteiger partial charge in [0.1, 0.15) is 0 Å². The number of rotatable bonds is 1. The molecule has 0 aromatic heterocycles. The Morgan fingerprint density at radius 1 is 1.36 bits per heavy atom. The average molecular weight is 156 g/mol. The van der Waals surface area contributed by atoms with E-state index in [1.807, 2.05) is 0 Å². The fraction of sp³-hybridized carbons (Fsp3) is 1.00. The van der Waals surface area contributed by atoms with Crippen molar-refractivity contribution >= 4 is 0 Å². The Balaban J connectivity index is 2.37. The molecule has 0 aliphatic carbocycles. The van der Waals surface area contributed by atoms with Crippen LogP contribution in [0.1, 0.15) is 40.5 Å².